The van der Waals surface area contributed by atoms with E-state index in [1.165, 1.54) is 44.9 Å². The van der Waals surface area contributed by atoms with Crippen LogP contribution >= 0.6 is 0 Å². The highest BCUT2D eigenvalue weighted by Gasteiger charge is 2.28. The molecule has 2 unspecified atom stereocenters. The van der Waals surface area contributed by atoms with Crippen molar-refractivity contribution in [1.29, 1.82) is 0 Å². The van der Waals surface area contributed by atoms with Gasteiger partial charge in [-0.1, -0.05) is 90.4 Å². The van der Waals surface area contributed by atoms with Gasteiger partial charge in [0, 0.05) is 17.8 Å². The molecule has 0 aromatic heterocycles. The molecule has 0 fully saturated rings. The van der Waals surface area contributed by atoms with Gasteiger partial charge in [0.05, 0.1) is 0 Å². The first-order valence-electron chi connectivity index (χ1n) is 11.4. The Morgan fingerprint density at radius 2 is 1.22 bits per heavy atom. The number of aldehydes is 1. The fourth-order valence-electron chi connectivity index (χ4n) is 3.58. The van der Waals surface area contributed by atoms with Gasteiger partial charge in [-0.15, -0.1) is 0 Å². The first-order valence-corrected chi connectivity index (χ1v) is 11.4. The zero-order chi connectivity index (χ0) is 20.2. The van der Waals surface area contributed by atoms with Gasteiger partial charge in [-0.25, -0.2) is 0 Å². The highest BCUT2D eigenvalue weighted by Crippen LogP contribution is 2.17. The minimum absolute atomic E-state index is 0.282. The highest BCUT2D eigenvalue weighted by atomic mass is 16.6. The molecule has 0 aliphatic rings. The summed E-state index contributed by atoms with van der Waals surface area (Å²) in [6.07, 6.45) is 18.9. The lowest BCUT2D eigenvalue weighted by molar-refractivity contribution is -0.535. The Bertz CT molecular complexity index is 349. The van der Waals surface area contributed by atoms with E-state index in [0.29, 0.717) is 19.3 Å². The van der Waals surface area contributed by atoms with Crippen molar-refractivity contribution >= 4 is 6.29 Å². The van der Waals surface area contributed by atoms with Crippen molar-refractivity contribution in [2.75, 3.05) is 0 Å². The molecule has 0 spiro atoms. The van der Waals surface area contributed by atoms with E-state index in [9.17, 15) is 20.0 Å². The van der Waals surface area contributed by atoms with Gasteiger partial charge in [0.2, 0.25) is 6.04 Å². The normalized spacial score (nSPS) is 13.4. The predicted octanol–water partition coefficient (Wildman–Crippen LogP) is 6.23. The number of hydrogen-bond donors (Lipinski definition) is 1. The van der Waals surface area contributed by atoms with Crippen LogP contribution in [0, 0.1) is 10.1 Å². The first-order chi connectivity index (χ1) is 13.1. The highest BCUT2D eigenvalue weighted by molar-refractivity contribution is 5.48. The molecular weight excluding hydrogens is 342 g/mol. The molecule has 0 saturated heterocycles. The number of nitro groups is 1. The van der Waals surface area contributed by atoms with E-state index in [-0.39, 0.29) is 4.92 Å². The molecule has 0 aromatic carbocycles. The molecule has 0 aliphatic carbocycles. The standard InChI is InChI=1S/C22H43NO4/c1-2-3-4-15-18-21(23(26)27)22(25)19-16-13-11-9-7-5-6-8-10-12-14-17-20-24/h20-22,25H,2-19H2,1H3. The number of unbranched alkanes of at least 4 members (excludes halogenated alkanes) is 14. The topological polar surface area (TPSA) is 80.4 Å². The second-order valence-electron chi connectivity index (χ2n) is 7.90. The Hall–Kier alpha value is -0.970. The van der Waals surface area contributed by atoms with E-state index in [1.807, 2.05) is 0 Å². The number of rotatable bonds is 21. The van der Waals surface area contributed by atoms with Gasteiger partial charge in [0.15, 0.2) is 0 Å². The van der Waals surface area contributed by atoms with Gasteiger partial charge < -0.3 is 9.90 Å². The van der Waals surface area contributed by atoms with Crippen LogP contribution in [-0.2, 0) is 4.79 Å². The minimum Gasteiger partial charge on any atom is -0.386 e. The summed E-state index contributed by atoms with van der Waals surface area (Å²) >= 11 is 0. The summed E-state index contributed by atoms with van der Waals surface area (Å²) in [4.78, 5) is 21.1. The smallest absolute Gasteiger partial charge is 0.238 e. The Morgan fingerprint density at radius 1 is 0.778 bits per heavy atom. The number of hydrogen-bond acceptors (Lipinski definition) is 4. The quantitative estimate of drug-likeness (QED) is 0.110. The number of aliphatic hydroxyl groups excluding tert-OH is 1. The Balaban J connectivity index is 3.53. The van der Waals surface area contributed by atoms with Crippen LogP contribution in [0.1, 0.15) is 122 Å². The minimum atomic E-state index is -0.791. The average molecular weight is 386 g/mol. The molecule has 5 nitrogen and oxygen atoms in total. The Morgan fingerprint density at radius 3 is 1.70 bits per heavy atom. The van der Waals surface area contributed by atoms with Crippen molar-refractivity contribution in [2.24, 2.45) is 0 Å². The van der Waals surface area contributed by atoms with E-state index in [0.717, 1.165) is 57.7 Å². The molecule has 0 aromatic rings. The van der Waals surface area contributed by atoms with Crippen molar-refractivity contribution in [3.63, 3.8) is 0 Å². The Kier molecular flexibility index (Phi) is 19.1. The largest absolute Gasteiger partial charge is 0.386 e. The van der Waals surface area contributed by atoms with Gasteiger partial charge in [-0.2, -0.15) is 0 Å². The monoisotopic (exact) mass is 385 g/mol. The van der Waals surface area contributed by atoms with E-state index < -0.39 is 12.1 Å². The van der Waals surface area contributed by atoms with E-state index in [1.54, 1.807) is 0 Å². The maximum atomic E-state index is 11.2. The third kappa shape index (κ3) is 16.9. The molecule has 1 N–H and O–H groups in total. The summed E-state index contributed by atoms with van der Waals surface area (Å²) in [6.45, 7) is 2.12. The van der Waals surface area contributed by atoms with Crippen molar-refractivity contribution in [2.45, 2.75) is 135 Å². The second-order valence-corrected chi connectivity index (χ2v) is 7.90. The molecule has 0 radical (unpaired) electrons. The maximum Gasteiger partial charge on any atom is 0.238 e. The molecule has 5 heteroatoms. The van der Waals surface area contributed by atoms with Crippen LogP contribution in [0.2, 0.25) is 0 Å². The van der Waals surface area contributed by atoms with Gasteiger partial charge in [0.25, 0.3) is 0 Å². The van der Waals surface area contributed by atoms with Crippen LogP contribution in [0.3, 0.4) is 0 Å². The summed E-state index contributed by atoms with van der Waals surface area (Å²) in [6, 6.07) is -0.784. The Labute approximate surface area is 166 Å². The van der Waals surface area contributed by atoms with Crippen molar-refractivity contribution in [3.8, 4) is 0 Å². The number of nitrogens with zero attached hydrogens (tertiary/aromatic N) is 1. The third-order valence-corrected chi connectivity index (χ3v) is 5.39. The lowest BCUT2D eigenvalue weighted by atomic mass is 9.98. The molecule has 0 saturated carbocycles. The van der Waals surface area contributed by atoms with Crippen LogP contribution in [0.25, 0.3) is 0 Å². The van der Waals surface area contributed by atoms with Crippen molar-refractivity contribution < 1.29 is 14.8 Å². The molecule has 0 heterocycles. The fraction of sp³-hybridized carbons (Fsp3) is 0.955. The van der Waals surface area contributed by atoms with Gasteiger partial charge in [-0.3, -0.25) is 10.1 Å². The fourth-order valence-corrected chi connectivity index (χ4v) is 3.58. The molecule has 27 heavy (non-hydrogen) atoms. The molecule has 0 bridgehead atoms. The molecule has 0 amide bonds. The number of carbonyl (C=O) groups excluding carboxylic acids is 1. The van der Waals surface area contributed by atoms with Gasteiger partial charge >= 0.3 is 0 Å². The predicted molar refractivity (Wildman–Crippen MR) is 112 cm³/mol. The maximum absolute atomic E-state index is 11.2. The number of carbonyl (C=O) groups is 1. The zero-order valence-corrected chi connectivity index (χ0v) is 17.6. The van der Waals surface area contributed by atoms with E-state index in [4.69, 9.17) is 0 Å². The summed E-state index contributed by atoms with van der Waals surface area (Å²) < 4.78 is 0. The van der Waals surface area contributed by atoms with Crippen LogP contribution < -0.4 is 0 Å². The van der Waals surface area contributed by atoms with Crippen LogP contribution in [0.5, 0.6) is 0 Å². The SMILES string of the molecule is CCCCCCC(C(O)CCCCCCCCCCCCCC=O)[N+](=O)[O-]. The van der Waals surface area contributed by atoms with Gasteiger partial charge in [-0.05, 0) is 19.3 Å². The molecule has 0 rings (SSSR count). The van der Waals surface area contributed by atoms with E-state index in [2.05, 4.69) is 6.92 Å². The average Bonchev–Trinajstić information content (AvgIpc) is 2.65. The molecule has 0 aliphatic heterocycles. The molecular formula is C22H43NO4. The second kappa shape index (κ2) is 19.8. The zero-order valence-electron chi connectivity index (χ0n) is 17.6. The lowest BCUT2D eigenvalue weighted by Gasteiger charge is -2.16. The van der Waals surface area contributed by atoms with Crippen molar-refractivity contribution in [1.82, 2.24) is 0 Å². The van der Waals surface area contributed by atoms with Crippen LogP contribution in [-0.4, -0.2) is 28.5 Å². The number of aliphatic hydroxyl groups is 1. The molecule has 2 atom stereocenters. The third-order valence-electron chi connectivity index (χ3n) is 5.39. The van der Waals surface area contributed by atoms with E-state index >= 15 is 0 Å². The molecule has 160 valence electrons. The summed E-state index contributed by atoms with van der Waals surface area (Å²) in [5.74, 6) is 0. The first kappa shape index (κ1) is 26.0. The van der Waals surface area contributed by atoms with Crippen LogP contribution in [0.4, 0.5) is 0 Å². The van der Waals surface area contributed by atoms with Gasteiger partial charge in [0.1, 0.15) is 12.4 Å². The lowest BCUT2D eigenvalue weighted by Crippen LogP contribution is -2.33. The van der Waals surface area contributed by atoms with Crippen LogP contribution in [0.15, 0.2) is 0 Å². The van der Waals surface area contributed by atoms with Crippen molar-refractivity contribution in [3.05, 3.63) is 10.1 Å². The summed E-state index contributed by atoms with van der Waals surface area (Å²) in [5.41, 5.74) is 0. The summed E-state index contributed by atoms with van der Waals surface area (Å²) in [7, 11) is 0. The summed E-state index contributed by atoms with van der Waals surface area (Å²) in [5, 5.41) is 21.3.